The molecular weight excluding hydrogens is 332 g/mol. The maximum atomic E-state index is 13.0. The van der Waals surface area contributed by atoms with Crippen molar-refractivity contribution in [3.63, 3.8) is 0 Å². The van der Waals surface area contributed by atoms with Crippen LogP contribution in [0.3, 0.4) is 0 Å². The largest absolute Gasteiger partial charge is 0.462 e. The Morgan fingerprint density at radius 3 is 2.58 bits per heavy atom. The number of carbonyl (C=O) groups excluding carboxylic acids is 2. The van der Waals surface area contributed by atoms with Crippen LogP contribution in [0.5, 0.6) is 0 Å². The topological polar surface area (TPSA) is 92.8 Å². The number of carbonyl (C=O) groups is 2. The van der Waals surface area contributed by atoms with E-state index in [0.29, 0.717) is 18.5 Å². The fraction of sp³-hybridized carbons (Fsp3) is 0.500. The van der Waals surface area contributed by atoms with E-state index in [4.69, 9.17) is 4.74 Å². The van der Waals surface area contributed by atoms with Crippen molar-refractivity contribution in [2.24, 2.45) is 0 Å². The maximum Gasteiger partial charge on any atom is 0.338 e. The second kappa shape index (κ2) is 6.52. The molecule has 1 aromatic rings. The Hall–Kier alpha value is -1.93. The van der Waals surface area contributed by atoms with Gasteiger partial charge in [-0.15, -0.1) is 0 Å². The fourth-order valence-corrected chi connectivity index (χ4v) is 5.20. The molecule has 2 atom stereocenters. The van der Waals surface area contributed by atoms with Crippen LogP contribution in [0.1, 0.15) is 36.5 Å². The van der Waals surface area contributed by atoms with Gasteiger partial charge in [-0.25, -0.2) is 13.2 Å². The van der Waals surface area contributed by atoms with Gasteiger partial charge in [0.2, 0.25) is 15.9 Å². The number of fused-ring (bicyclic) bond motifs is 2. The number of amides is 1. The summed E-state index contributed by atoms with van der Waals surface area (Å²) in [6.07, 6.45) is 1.62. The molecule has 2 fully saturated rings. The number of hydrogen-bond acceptors (Lipinski definition) is 5. The molecule has 0 spiro atoms. The van der Waals surface area contributed by atoms with Crippen LogP contribution in [0.4, 0.5) is 0 Å². The van der Waals surface area contributed by atoms with Crippen molar-refractivity contribution >= 4 is 21.9 Å². The van der Waals surface area contributed by atoms with E-state index in [2.05, 4.69) is 5.32 Å². The predicted molar refractivity (Wildman–Crippen MR) is 85.9 cm³/mol. The van der Waals surface area contributed by atoms with Crippen LogP contribution in [0.2, 0.25) is 0 Å². The van der Waals surface area contributed by atoms with Gasteiger partial charge in [0.25, 0.3) is 0 Å². The Morgan fingerprint density at radius 1 is 1.25 bits per heavy atom. The third kappa shape index (κ3) is 3.03. The lowest BCUT2D eigenvalue weighted by Gasteiger charge is -2.26. The lowest BCUT2D eigenvalue weighted by molar-refractivity contribution is -0.121. The summed E-state index contributed by atoms with van der Waals surface area (Å²) in [5.74, 6) is -0.592. The Labute approximate surface area is 141 Å². The molecule has 130 valence electrons. The van der Waals surface area contributed by atoms with Gasteiger partial charge in [-0.1, -0.05) is 0 Å². The molecule has 7 nitrogen and oxygen atoms in total. The molecule has 2 aliphatic rings. The van der Waals surface area contributed by atoms with Gasteiger partial charge in [-0.3, -0.25) is 4.79 Å². The van der Waals surface area contributed by atoms with E-state index in [-0.39, 0.29) is 35.9 Å². The van der Waals surface area contributed by atoms with Gasteiger partial charge in [0, 0.05) is 25.0 Å². The molecule has 8 heteroatoms. The first kappa shape index (κ1) is 16.9. The zero-order valence-corrected chi connectivity index (χ0v) is 14.2. The van der Waals surface area contributed by atoms with Crippen molar-refractivity contribution < 1.29 is 22.7 Å². The van der Waals surface area contributed by atoms with Crippen LogP contribution in [0.25, 0.3) is 0 Å². The molecule has 2 bridgehead atoms. The molecule has 2 aliphatic heterocycles. The number of rotatable bonds is 4. The zero-order valence-electron chi connectivity index (χ0n) is 13.4. The number of benzene rings is 1. The van der Waals surface area contributed by atoms with Crippen LogP contribution in [-0.4, -0.2) is 49.8 Å². The van der Waals surface area contributed by atoms with E-state index >= 15 is 0 Å². The average molecular weight is 352 g/mol. The Balaban J connectivity index is 1.88. The highest BCUT2D eigenvalue weighted by Gasteiger charge is 2.44. The van der Waals surface area contributed by atoms with Crippen molar-refractivity contribution in [2.75, 3.05) is 13.2 Å². The summed E-state index contributed by atoms with van der Waals surface area (Å²) in [5.41, 5.74) is 0.312. The highest BCUT2D eigenvalue weighted by atomic mass is 32.2. The molecule has 24 heavy (non-hydrogen) atoms. The van der Waals surface area contributed by atoms with Crippen molar-refractivity contribution in [3.8, 4) is 0 Å². The molecular formula is C16H20N2O5S. The second-order valence-electron chi connectivity index (χ2n) is 5.97. The van der Waals surface area contributed by atoms with E-state index in [1.54, 1.807) is 6.92 Å². The van der Waals surface area contributed by atoms with Gasteiger partial charge in [0.1, 0.15) is 0 Å². The quantitative estimate of drug-likeness (QED) is 0.813. The zero-order chi connectivity index (χ0) is 17.3. The lowest BCUT2D eigenvalue weighted by atomic mass is 10.1. The van der Waals surface area contributed by atoms with E-state index in [9.17, 15) is 18.0 Å². The normalized spacial score (nSPS) is 24.3. The molecule has 1 aromatic carbocycles. The van der Waals surface area contributed by atoms with Crippen LogP contribution in [0.15, 0.2) is 29.2 Å². The highest BCUT2D eigenvalue weighted by Crippen LogP contribution is 2.34. The number of sulfonamides is 1. The van der Waals surface area contributed by atoms with Gasteiger partial charge < -0.3 is 10.1 Å². The standard InChI is InChI=1S/C16H20N2O5S/c1-2-23-16(20)11-3-7-14(8-4-11)24(21,22)18-12-5-6-13(18)10-17-15(19)9-12/h3-4,7-8,12-13H,2,5-6,9-10H2,1H3,(H,17,19). The maximum absolute atomic E-state index is 13.0. The van der Waals surface area contributed by atoms with Crippen molar-refractivity contribution in [1.82, 2.24) is 9.62 Å². The fourth-order valence-electron chi connectivity index (χ4n) is 3.33. The first-order valence-electron chi connectivity index (χ1n) is 8.01. The first-order valence-corrected chi connectivity index (χ1v) is 9.45. The van der Waals surface area contributed by atoms with Crippen LogP contribution >= 0.6 is 0 Å². The van der Waals surface area contributed by atoms with Gasteiger partial charge in [0.15, 0.2) is 0 Å². The van der Waals surface area contributed by atoms with Crippen LogP contribution in [0, 0.1) is 0 Å². The molecule has 0 radical (unpaired) electrons. The first-order chi connectivity index (χ1) is 11.4. The third-order valence-corrected chi connectivity index (χ3v) is 6.47. The van der Waals surface area contributed by atoms with Crippen molar-refractivity contribution in [2.45, 2.75) is 43.2 Å². The van der Waals surface area contributed by atoms with Crippen molar-refractivity contribution in [3.05, 3.63) is 29.8 Å². The number of esters is 1. The number of nitrogens with zero attached hydrogens (tertiary/aromatic N) is 1. The second-order valence-corrected chi connectivity index (χ2v) is 7.82. The minimum Gasteiger partial charge on any atom is -0.462 e. The number of ether oxygens (including phenoxy) is 1. The van der Waals surface area contributed by atoms with Crippen LogP contribution in [-0.2, 0) is 19.6 Å². The van der Waals surface area contributed by atoms with Gasteiger partial charge in [-0.2, -0.15) is 4.31 Å². The molecule has 1 amide bonds. The Bertz CT molecular complexity index is 744. The van der Waals surface area contributed by atoms with Crippen LogP contribution < -0.4 is 5.32 Å². The van der Waals surface area contributed by atoms with E-state index in [1.165, 1.54) is 28.6 Å². The molecule has 2 unspecified atom stereocenters. The Morgan fingerprint density at radius 2 is 1.92 bits per heavy atom. The molecule has 1 N–H and O–H groups in total. The highest BCUT2D eigenvalue weighted by molar-refractivity contribution is 7.89. The third-order valence-electron chi connectivity index (χ3n) is 4.45. The summed E-state index contributed by atoms with van der Waals surface area (Å²) in [6.45, 7) is 2.31. The molecule has 3 rings (SSSR count). The summed E-state index contributed by atoms with van der Waals surface area (Å²) in [5, 5.41) is 2.76. The summed E-state index contributed by atoms with van der Waals surface area (Å²) >= 11 is 0. The number of hydrogen-bond donors (Lipinski definition) is 1. The van der Waals surface area contributed by atoms with E-state index in [1.807, 2.05) is 0 Å². The van der Waals surface area contributed by atoms with E-state index < -0.39 is 16.0 Å². The van der Waals surface area contributed by atoms with E-state index in [0.717, 1.165) is 6.42 Å². The monoisotopic (exact) mass is 352 g/mol. The van der Waals surface area contributed by atoms with Gasteiger partial charge >= 0.3 is 5.97 Å². The average Bonchev–Trinajstić information content (AvgIpc) is 2.87. The van der Waals surface area contributed by atoms with Gasteiger partial charge in [0.05, 0.1) is 17.1 Å². The minimum absolute atomic E-state index is 0.111. The summed E-state index contributed by atoms with van der Waals surface area (Å²) < 4.78 is 32.3. The number of nitrogens with one attached hydrogen (secondary N) is 1. The summed E-state index contributed by atoms with van der Waals surface area (Å²) in [4.78, 5) is 23.5. The molecule has 2 saturated heterocycles. The minimum atomic E-state index is -3.71. The van der Waals surface area contributed by atoms with Crippen molar-refractivity contribution in [1.29, 1.82) is 0 Å². The molecule has 0 aliphatic carbocycles. The lowest BCUT2D eigenvalue weighted by Crippen LogP contribution is -2.42. The Kier molecular flexibility index (Phi) is 4.60. The SMILES string of the molecule is CCOC(=O)c1ccc(S(=O)(=O)N2C3CCC2CC(=O)NC3)cc1. The predicted octanol–water partition coefficient (Wildman–Crippen LogP) is 0.905. The summed E-state index contributed by atoms with van der Waals surface area (Å²) in [7, 11) is -3.71. The summed E-state index contributed by atoms with van der Waals surface area (Å²) in [6, 6.07) is 5.23. The molecule has 0 saturated carbocycles. The molecule has 2 heterocycles. The smallest absolute Gasteiger partial charge is 0.338 e. The molecule has 0 aromatic heterocycles. The van der Waals surface area contributed by atoms with Gasteiger partial charge in [-0.05, 0) is 44.0 Å².